The summed E-state index contributed by atoms with van der Waals surface area (Å²) in [6.07, 6.45) is 1.05. The summed E-state index contributed by atoms with van der Waals surface area (Å²) in [5.41, 5.74) is 3.76. The van der Waals surface area contributed by atoms with Crippen LogP contribution in [0.15, 0.2) is 48.5 Å². The molecule has 0 saturated carbocycles. The minimum absolute atomic E-state index is 0.0729. The topological polar surface area (TPSA) is 29.1 Å². The highest BCUT2D eigenvalue weighted by Gasteiger charge is 2.09. The van der Waals surface area contributed by atoms with E-state index in [1.54, 1.807) is 0 Å². The Morgan fingerprint density at radius 3 is 1.90 bits per heavy atom. The van der Waals surface area contributed by atoms with Crippen molar-refractivity contribution in [1.29, 1.82) is 0 Å². The molecule has 2 heteroatoms. The molecule has 2 aromatic carbocycles. The summed E-state index contributed by atoms with van der Waals surface area (Å²) in [4.78, 5) is 12.4. The fraction of sp³-hybridized carbons (Fsp3) is 0.278. The van der Waals surface area contributed by atoms with E-state index in [4.69, 9.17) is 0 Å². The van der Waals surface area contributed by atoms with E-state index in [0.717, 1.165) is 23.2 Å². The Labute approximate surface area is 120 Å². The average molecular weight is 267 g/mol. The first-order valence-electron chi connectivity index (χ1n) is 7.01. The highest BCUT2D eigenvalue weighted by molar-refractivity contribution is 6.09. The van der Waals surface area contributed by atoms with Crippen LogP contribution in [0.2, 0.25) is 0 Å². The van der Waals surface area contributed by atoms with Gasteiger partial charge in [0.2, 0.25) is 0 Å². The highest BCUT2D eigenvalue weighted by atomic mass is 16.1. The number of carbonyl (C=O) groups excluding carboxylic acids is 1. The number of ketones is 1. The average Bonchev–Trinajstić information content (AvgIpc) is 2.47. The van der Waals surface area contributed by atoms with E-state index >= 15 is 0 Å². The molecule has 0 aliphatic heterocycles. The molecule has 1 N–H and O–H groups in total. The van der Waals surface area contributed by atoms with Gasteiger partial charge in [0.15, 0.2) is 5.78 Å². The Morgan fingerprint density at radius 1 is 0.950 bits per heavy atom. The van der Waals surface area contributed by atoms with E-state index in [0.29, 0.717) is 5.92 Å². The van der Waals surface area contributed by atoms with E-state index in [1.807, 2.05) is 43.4 Å². The number of rotatable bonds is 5. The van der Waals surface area contributed by atoms with Gasteiger partial charge in [0.05, 0.1) is 0 Å². The third-order valence-electron chi connectivity index (χ3n) is 3.30. The summed E-state index contributed by atoms with van der Waals surface area (Å²) in [6.45, 7) is 4.39. The van der Waals surface area contributed by atoms with Crippen LogP contribution in [0.4, 0.5) is 5.69 Å². The van der Waals surface area contributed by atoms with Crippen molar-refractivity contribution in [3.63, 3.8) is 0 Å². The second-order valence-electron chi connectivity index (χ2n) is 5.45. The molecule has 2 rings (SSSR count). The van der Waals surface area contributed by atoms with Crippen LogP contribution in [0.25, 0.3) is 0 Å². The molecular formula is C18H21NO. The maximum atomic E-state index is 12.4. The second kappa shape index (κ2) is 6.38. The normalized spacial score (nSPS) is 10.6. The molecule has 0 fully saturated rings. The van der Waals surface area contributed by atoms with Crippen molar-refractivity contribution >= 4 is 11.5 Å². The van der Waals surface area contributed by atoms with E-state index < -0.39 is 0 Å². The number of carbonyl (C=O) groups is 1. The fourth-order valence-corrected chi connectivity index (χ4v) is 2.22. The number of anilines is 1. The molecule has 20 heavy (non-hydrogen) atoms. The molecule has 2 aromatic rings. The minimum atomic E-state index is 0.0729. The zero-order valence-electron chi connectivity index (χ0n) is 12.3. The van der Waals surface area contributed by atoms with Crippen molar-refractivity contribution in [3.8, 4) is 0 Å². The molecule has 0 unspecified atom stereocenters. The quantitative estimate of drug-likeness (QED) is 0.824. The molecule has 104 valence electrons. The van der Waals surface area contributed by atoms with Crippen LogP contribution < -0.4 is 5.32 Å². The van der Waals surface area contributed by atoms with Gasteiger partial charge in [-0.05, 0) is 42.2 Å². The van der Waals surface area contributed by atoms with E-state index in [2.05, 4.69) is 31.3 Å². The van der Waals surface area contributed by atoms with E-state index in [-0.39, 0.29) is 5.78 Å². The monoisotopic (exact) mass is 267 g/mol. The lowest BCUT2D eigenvalue weighted by atomic mass is 9.98. The SMILES string of the molecule is CNc1ccc(C(=O)c2ccc(CC(C)C)cc2)cc1. The Balaban J connectivity index is 2.15. The highest BCUT2D eigenvalue weighted by Crippen LogP contribution is 2.15. The zero-order valence-corrected chi connectivity index (χ0v) is 12.3. The van der Waals surface area contributed by atoms with Crippen LogP contribution in [0.5, 0.6) is 0 Å². The number of nitrogens with one attached hydrogen (secondary N) is 1. The van der Waals surface area contributed by atoms with Gasteiger partial charge in [0.25, 0.3) is 0 Å². The zero-order chi connectivity index (χ0) is 14.5. The lowest BCUT2D eigenvalue weighted by Gasteiger charge is -2.07. The first-order chi connectivity index (χ1) is 9.60. The van der Waals surface area contributed by atoms with E-state index in [9.17, 15) is 4.79 Å². The van der Waals surface area contributed by atoms with Crippen LogP contribution in [0, 0.1) is 5.92 Å². The van der Waals surface area contributed by atoms with Crippen LogP contribution in [0.1, 0.15) is 35.3 Å². The molecule has 0 saturated heterocycles. The van der Waals surface area contributed by atoms with Gasteiger partial charge < -0.3 is 5.32 Å². The molecule has 0 atom stereocenters. The first kappa shape index (κ1) is 14.3. The number of benzene rings is 2. The Kier molecular flexibility index (Phi) is 4.57. The molecule has 0 heterocycles. The maximum Gasteiger partial charge on any atom is 0.193 e. The minimum Gasteiger partial charge on any atom is -0.388 e. The molecule has 0 amide bonds. The Bertz CT molecular complexity index is 567. The summed E-state index contributed by atoms with van der Waals surface area (Å²) < 4.78 is 0. The lowest BCUT2D eigenvalue weighted by molar-refractivity contribution is 0.103. The first-order valence-corrected chi connectivity index (χ1v) is 7.01. The second-order valence-corrected chi connectivity index (χ2v) is 5.45. The Hall–Kier alpha value is -2.09. The largest absolute Gasteiger partial charge is 0.388 e. The third kappa shape index (κ3) is 3.47. The molecule has 0 spiro atoms. The van der Waals surface area contributed by atoms with Crippen molar-refractivity contribution in [2.75, 3.05) is 12.4 Å². The van der Waals surface area contributed by atoms with Crippen molar-refractivity contribution in [3.05, 3.63) is 65.2 Å². The van der Waals surface area contributed by atoms with Gasteiger partial charge in [0, 0.05) is 23.9 Å². The summed E-state index contributed by atoms with van der Waals surface area (Å²) in [6, 6.07) is 15.5. The van der Waals surface area contributed by atoms with Crippen LogP contribution in [-0.2, 0) is 6.42 Å². The summed E-state index contributed by atoms with van der Waals surface area (Å²) in [5.74, 6) is 0.703. The maximum absolute atomic E-state index is 12.4. The van der Waals surface area contributed by atoms with Crippen LogP contribution >= 0.6 is 0 Å². The summed E-state index contributed by atoms with van der Waals surface area (Å²) in [7, 11) is 1.87. The van der Waals surface area contributed by atoms with Gasteiger partial charge in [-0.2, -0.15) is 0 Å². The number of hydrogen-bond acceptors (Lipinski definition) is 2. The smallest absolute Gasteiger partial charge is 0.193 e. The predicted octanol–water partition coefficient (Wildman–Crippen LogP) is 4.16. The standard InChI is InChI=1S/C18H21NO/c1-13(2)12-14-4-6-15(7-5-14)18(20)16-8-10-17(19-3)11-9-16/h4-11,13,19H,12H2,1-3H3. The van der Waals surface area contributed by atoms with Gasteiger partial charge in [-0.15, -0.1) is 0 Å². The van der Waals surface area contributed by atoms with Gasteiger partial charge in [-0.1, -0.05) is 38.1 Å². The molecule has 0 aromatic heterocycles. The van der Waals surface area contributed by atoms with Gasteiger partial charge in [0.1, 0.15) is 0 Å². The molecular weight excluding hydrogens is 246 g/mol. The fourth-order valence-electron chi connectivity index (χ4n) is 2.22. The van der Waals surface area contributed by atoms with Crippen LogP contribution in [0.3, 0.4) is 0 Å². The van der Waals surface area contributed by atoms with E-state index in [1.165, 1.54) is 5.56 Å². The third-order valence-corrected chi connectivity index (χ3v) is 3.30. The van der Waals surface area contributed by atoms with Crippen molar-refractivity contribution < 1.29 is 4.79 Å². The van der Waals surface area contributed by atoms with Crippen molar-refractivity contribution in [2.45, 2.75) is 20.3 Å². The van der Waals surface area contributed by atoms with Crippen molar-refractivity contribution in [1.82, 2.24) is 0 Å². The molecule has 0 aliphatic carbocycles. The van der Waals surface area contributed by atoms with Gasteiger partial charge in [-0.3, -0.25) is 4.79 Å². The molecule has 0 aliphatic rings. The predicted molar refractivity (Wildman–Crippen MR) is 84.4 cm³/mol. The van der Waals surface area contributed by atoms with Crippen molar-refractivity contribution in [2.24, 2.45) is 5.92 Å². The summed E-state index contributed by atoms with van der Waals surface area (Å²) >= 11 is 0. The summed E-state index contributed by atoms with van der Waals surface area (Å²) in [5, 5.41) is 3.05. The molecule has 0 radical (unpaired) electrons. The van der Waals surface area contributed by atoms with Gasteiger partial charge in [-0.25, -0.2) is 0 Å². The molecule has 0 bridgehead atoms. The van der Waals surface area contributed by atoms with Crippen LogP contribution in [-0.4, -0.2) is 12.8 Å². The number of hydrogen-bond donors (Lipinski definition) is 1. The molecule has 2 nitrogen and oxygen atoms in total. The lowest BCUT2D eigenvalue weighted by Crippen LogP contribution is -2.02. The Morgan fingerprint density at radius 2 is 1.45 bits per heavy atom. The van der Waals surface area contributed by atoms with Gasteiger partial charge >= 0.3 is 0 Å².